The Labute approximate surface area is 161 Å². The minimum Gasteiger partial charge on any atom is -0.306 e. The molecular weight excluding hydrogens is 402 g/mol. The average Bonchev–Trinajstić information content (AvgIpc) is 3.12. The van der Waals surface area contributed by atoms with Crippen LogP contribution in [0.4, 0.5) is 23.4 Å². The summed E-state index contributed by atoms with van der Waals surface area (Å²) in [4.78, 5) is 12.1. The number of halogens is 5. The number of rotatable bonds is 5. The molecule has 2 heterocycles. The molecule has 0 unspecified atom stereocenters. The van der Waals surface area contributed by atoms with Crippen LogP contribution in [0.1, 0.15) is 17.0 Å². The van der Waals surface area contributed by atoms with Crippen LogP contribution < -0.4 is 5.32 Å². The van der Waals surface area contributed by atoms with E-state index in [-0.39, 0.29) is 23.1 Å². The number of benzene rings is 1. The summed E-state index contributed by atoms with van der Waals surface area (Å²) in [5.41, 5.74) is -0.537. The molecule has 3 aromatic rings. The van der Waals surface area contributed by atoms with E-state index in [1.54, 1.807) is 18.2 Å². The first-order valence-electron chi connectivity index (χ1n) is 8.01. The van der Waals surface area contributed by atoms with Gasteiger partial charge >= 0.3 is 6.18 Å². The van der Waals surface area contributed by atoms with Gasteiger partial charge in [-0.05, 0) is 19.1 Å². The van der Waals surface area contributed by atoms with Gasteiger partial charge in [0.2, 0.25) is 5.91 Å². The van der Waals surface area contributed by atoms with Crippen molar-refractivity contribution in [3.05, 3.63) is 64.3 Å². The van der Waals surface area contributed by atoms with Crippen LogP contribution in [0.3, 0.4) is 0 Å². The maximum Gasteiger partial charge on any atom is 0.433 e. The van der Waals surface area contributed by atoms with Crippen molar-refractivity contribution in [1.82, 2.24) is 19.6 Å². The molecule has 28 heavy (non-hydrogen) atoms. The smallest absolute Gasteiger partial charge is 0.306 e. The number of anilines is 1. The molecule has 0 fully saturated rings. The number of hydrogen-bond acceptors (Lipinski definition) is 3. The lowest BCUT2D eigenvalue weighted by Crippen LogP contribution is -2.24. The summed E-state index contributed by atoms with van der Waals surface area (Å²) in [7, 11) is 0. The fourth-order valence-electron chi connectivity index (χ4n) is 2.57. The maximum absolute atomic E-state index is 13.7. The molecule has 0 aliphatic rings. The summed E-state index contributed by atoms with van der Waals surface area (Å²) in [5, 5.41) is 10.1. The van der Waals surface area contributed by atoms with Gasteiger partial charge in [-0.1, -0.05) is 29.8 Å². The number of carbonyl (C=O) groups excluding carboxylic acids is 1. The van der Waals surface area contributed by atoms with E-state index in [9.17, 15) is 22.4 Å². The quantitative estimate of drug-likeness (QED) is 0.643. The van der Waals surface area contributed by atoms with Crippen molar-refractivity contribution in [2.45, 2.75) is 26.2 Å². The Morgan fingerprint density at radius 2 is 1.96 bits per heavy atom. The zero-order chi connectivity index (χ0) is 20.5. The van der Waals surface area contributed by atoms with E-state index >= 15 is 0 Å². The SMILES string of the molecule is Cc1cc(C(F)(F)F)n(CC(=O)Nc2nn(Cc3ccccc3F)cc2Cl)n1. The molecule has 148 valence electrons. The van der Waals surface area contributed by atoms with Crippen LogP contribution in [0.15, 0.2) is 36.5 Å². The number of amides is 1. The third-order valence-electron chi connectivity index (χ3n) is 3.75. The largest absolute Gasteiger partial charge is 0.433 e. The Balaban J connectivity index is 1.72. The summed E-state index contributed by atoms with van der Waals surface area (Å²) in [6, 6.07) is 6.93. The van der Waals surface area contributed by atoms with Crippen molar-refractivity contribution >= 4 is 23.3 Å². The molecule has 6 nitrogen and oxygen atoms in total. The highest BCUT2D eigenvalue weighted by molar-refractivity contribution is 6.33. The molecule has 0 bridgehead atoms. The lowest BCUT2D eigenvalue weighted by Gasteiger charge is -2.10. The van der Waals surface area contributed by atoms with Crippen molar-refractivity contribution in [2.24, 2.45) is 0 Å². The van der Waals surface area contributed by atoms with E-state index in [1.165, 1.54) is 23.9 Å². The zero-order valence-corrected chi connectivity index (χ0v) is 15.2. The Kier molecular flexibility index (Phi) is 5.41. The highest BCUT2D eigenvalue weighted by atomic mass is 35.5. The standard InChI is InChI=1S/C17H14ClF4N5O/c1-10-6-14(17(20,21)22)27(24-10)9-15(28)23-16-12(18)8-26(25-16)7-11-4-2-3-5-13(11)19/h2-6,8H,7,9H2,1H3,(H,23,25,28). The molecule has 0 saturated heterocycles. The normalized spacial score (nSPS) is 11.6. The highest BCUT2D eigenvalue weighted by Gasteiger charge is 2.35. The van der Waals surface area contributed by atoms with Gasteiger partial charge in [0.05, 0.1) is 12.2 Å². The summed E-state index contributed by atoms with van der Waals surface area (Å²) < 4.78 is 54.6. The van der Waals surface area contributed by atoms with Crippen molar-refractivity contribution < 1.29 is 22.4 Å². The zero-order valence-electron chi connectivity index (χ0n) is 14.5. The molecule has 1 aromatic carbocycles. The monoisotopic (exact) mass is 415 g/mol. The highest BCUT2D eigenvalue weighted by Crippen LogP contribution is 2.29. The fraction of sp³-hybridized carbons (Fsp3) is 0.235. The summed E-state index contributed by atoms with van der Waals surface area (Å²) >= 11 is 6.01. The minimum atomic E-state index is -4.64. The van der Waals surface area contributed by atoms with Gasteiger partial charge in [-0.15, -0.1) is 0 Å². The number of carbonyl (C=O) groups is 1. The van der Waals surface area contributed by atoms with Crippen LogP contribution in [0.5, 0.6) is 0 Å². The second-order valence-corrected chi connectivity index (χ2v) is 6.40. The van der Waals surface area contributed by atoms with Gasteiger partial charge in [-0.3, -0.25) is 14.2 Å². The van der Waals surface area contributed by atoms with Crippen molar-refractivity contribution in [1.29, 1.82) is 0 Å². The van der Waals surface area contributed by atoms with E-state index in [0.29, 0.717) is 10.2 Å². The van der Waals surface area contributed by atoms with Crippen molar-refractivity contribution in [3.63, 3.8) is 0 Å². The number of alkyl halides is 3. The molecule has 0 spiro atoms. The average molecular weight is 416 g/mol. The predicted molar refractivity (Wildman–Crippen MR) is 93.3 cm³/mol. The van der Waals surface area contributed by atoms with E-state index in [1.807, 2.05) is 0 Å². The summed E-state index contributed by atoms with van der Waals surface area (Å²) in [5.74, 6) is -1.25. The van der Waals surface area contributed by atoms with Crippen LogP contribution >= 0.6 is 11.6 Å². The minimum absolute atomic E-state index is 0.0413. The number of nitrogens with zero attached hydrogens (tertiary/aromatic N) is 4. The molecular formula is C17H14ClF4N5O. The van der Waals surface area contributed by atoms with Gasteiger partial charge in [0, 0.05) is 11.8 Å². The van der Waals surface area contributed by atoms with Gasteiger partial charge in [-0.2, -0.15) is 23.4 Å². The second kappa shape index (κ2) is 7.63. The van der Waals surface area contributed by atoms with E-state index in [0.717, 1.165) is 6.07 Å². The molecule has 2 aromatic heterocycles. The Hall–Kier alpha value is -2.88. The van der Waals surface area contributed by atoms with E-state index in [2.05, 4.69) is 15.5 Å². The molecule has 1 N–H and O–H groups in total. The first-order chi connectivity index (χ1) is 13.1. The first-order valence-corrected chi connectivity index (χ1v) is 8.39. The Morgan fingerprint density at radius 3 is 2.64 bits per heavy atom. The molecule has 3 rings (SSSR count). The van der Waals surface area contributed by atoms with Crippen LogP contribution in [0.25, 0.3) is 0 Å². The predicted octanol–water partition coefficient (Wildman–Crippen LogP) is 3.89. The summed E-state index contributed by atoms with van der Waals surface area (Å²) in [6.07, 6.45) is -3.26. The number of aromatic nitrogens is 4. The molecule has 11 heteroatoms. The van der Waals surface area contributed by atoms with Crippen molar-refractivity contribution in [3.8, 4) is 0 Å². The van der Waals surface area contributed by atoms with Gasteiger partial charge in [0.15, 0.2) is 5.82 Å². The lowest BCUT2D eigenvalue weighted by atomic mass is 10.2. The molecule has 1 amide bonds. The van der Waals surface area contributed by atoms with Gasteiger partial charge in [-0.25, -0.2) is 4.39 Å². The second-order valence-electron chi connectivity index (χ2n) is 5.99. The fourth-order valence-corrected chi connectivity index (χ4v) is 2.76. The van der Waals surface area contributed by atoms with Gasteiger partial charge in [0.1, 0.15) is 23.1 Å². The molecule has 0 saturated carbocycles. The van der Waals surface area contributed by atoms with Crippen LogP contribution in [0, 0.1) is 12.7 Å². The molecule has 0 atom stereocenters. The molecule has 0 aliphatic carbocycles. The third-order valence-corrected chi connectivity index (χ3v) is 4.03. The van der Waals surface area contributed by atoms with E-state index in [4.69, 9.17) is 11.6 Å². The number of nitrogens with one attached hydrogen (secondary N) is 1. The molecule has 0 aliphatic heterocycles. The molecule has 0 radical (unpaired) electrons. The van der Waals surface area contributed by atoms with Crippen LogP contribution in [0.2, 0.25) is 5.02 Å². The Bertz CT molecular complexity index is 1010. The lowest BCUT2D eigenvalue weighted by molar-refractivity contribution is -0.144. The van der Waals surface area contributed by atoms with E-state index < -0.39 is 30.1 Å². The van der Waals surface area contributed by atoms with Crippen LogP contribution in [-0.4, -0.2) is 25.5 Å². The Morgan fingerprint density at radius 1 is 1.25 bits per heavy atom. The topological polar surface area (TPSA) is 64.7 Å². The number of hydrogen-bond donors (Lipinski definition) is 1. The maximum atomic E-state index is 13.7. The summed E-state index contributed by atoms with van der Waals surface area (Å²) in [6.45, 7) is 0.795. The van der Waals surface area contributed by atoms with Gasteiger partial charge in [0.25, 0.3) is 0 Å². The number of aryl methyl sites for hydroxylation is 1. The van der Waals surface area contributed by atoms with Crippen LogP contribution in [-0.2, 0) is 24.1 Å². The first kappa shape index (κ1) is 19.9. The van der Waals surface area contributed by atoms with Crippen molar-refractivity contribution in [2.75, 3.05) is 5.32 Å². The van der Waals surface area contributed by atoms with Gasteiger partial charge < -0.3 is 5.32 Å². The third kappa shape index (κ3) is 4.50.